The Hall–Kier alpha value is -4.58. The first-order chi connectivity index (χ1) is 23.4. The summed E-state index contributed by atoms with van der Waals surface area (Å²) in [5, 5.41) is 14.0. The molecule has 0 saturated carbocycles. The van der Waals surface area contributed by atoms with Gasteiger partial charge in [0.25, 0.3) is 11.8 Å². The summed E-state index contributed by atoms with van der Waals surface area (Å²) < 4.78 is 0. The normalized spacial score (nSPS) is 20.3. The van der Waals surface area contributed by atoms with Gasteiger partial charge in [-0.3, -0.25) is 24.0 Å². The Labute approximate surface area is 292 Å². The van der Waals surface area contributed by atoms with E-state index in [1.165, 1.54) is 11.3 Å². The van der Waals surface area contributed by atoms with Crippen molar-refractivity contribution in [2.45, 2.75) is 90.9 Å². The Morgan fingerprint density at radius 2 is 1.57 bits per heavy atom. The lowest BCUT2D eigenvalue weighted by Gasteiger charge is -2.25. The minimum atomic E-state index is -0.978. The second kappa shape index (κ2) is 17.7. The molecule has 3 heterocycles. The number of nitrogens with zero attached hydrogens (tertiary/aromatic N) is 2. The van der Waals surface area contributed by atoms with Crippen LogP contribution < -0.4 is 21.3 Å². The third-order valence-corrected chi connectivity index (χ3v) is 9.41. The molecule has 3 aromatic rings. The zero-order valence-corrected chi connectivity index (χ0v) is 29.8. The molecule has 1 aromatic heterocycles. The molecule has 49 heavy (non-hydrogen) atoms. The molecule has 12 heteroatoms. The Morgan fingerprint density at radius 3 is 2.22 bits per heavy atom. The van der Waals surface area contributed by atoms with Crippen LogP contribution in [0.1, 0.15) is 96.8 Å². The topological polar surface area (TPSA) is 150 Å². The molecule has 0 aliphatic carbocycles. The third-order valence-electron chi connectivity index (χ3n) is 8.26. The standard InChI is InChI=1S/C37H48N6O5S/c1-23(2)19-29-34(46)39-25(5)32(44)38-17-9-10-18-43(37(48)31-22-49-36(42-31)24(3)4)21-27-13-15-28(16-14-27)33(45)40-30(35(47)41-29)20-26-11-7-6-8-12-26/h6-8,11-16,22-25,29-30H,9-10,17-21H2,1-5H3,(H,38,44)(H,39,46)(H,40,45)(H,41,47)/t25-,29+,30-/m1/s1. The molecule has 262 valence electrons. The predicted molar refractivity (Wildman–Crippen MR) is 190 cm³/mol. The van der Waals surface area contributed by atoms with Crippen molar-refractivity contribution in [3.05, 3.63) is 87.4 Å². The van der Waals surface area contributed by atoms with E-state index in [-0.39, 0.29) is 30.1 Å². The van der Waals surface area contributed by atoms with Gasteiger partial charge in [-0.2, -0.15) is 0 Å². The minimum Gasteiger partial charge on any atom is -0.354 e. The molecule has 11 nitrogen and oxygen atoms in total. The van der Waals surface area contributed by atoms with Crippen molar-refractivity contribution in [1.82, 2.24) is 31.2 Å². The maximum atomic E-state index is 13.7. The molecule has 4 N–H and O–H groups in total. The fourth-order valence-corrected chi connectivity index (χ4v) is 6.30. The Bertz CT molecular complexity index is 1590. The fourth-order valence-electron chi connectivity index (χ4n) is 5.50. The van der Waals surface area contributed by atoms with Crippen molar-refractivity contribution < 1.29 is 24.0 Å². The molecular formula is C37H48N6O5S. The molecule has 0 fully saturated rings. The van der Waals surface area contributed by atoms with Gasteiger partial charge < -0.3 is 26.2 Å². The van der Waals surface area contributed by atoms with Crippen LogP contribution in [0.4, 0.5) is 0 Å². The van der Waals surface area contributed by atoms with E-state index < -0.39 is 35.8 Å². The zero-order chi connectivity index (χ0) is 35.5. The number of rotatable bonds is 6. The summed E-state index contributed by atoms with van der Waals surface area (Å²) in [6, 6.07) is 13.6. The second-order valence-electron chi connectivity index (χ2n) is 13.3. The van der Waals surface area contributed by atoms with E-state index in [9.17, 15) is 24.0 Å². The molecule has 0 unspecified atom stereocenters. The zero-order valence-electron chi connectivity index (χ0n) is 29.0. The van der Waals surface area contributed by atoms with Gasteiger partial charge >= 0.3 is 0 Å². The summed E-state index contributed by atoms with van der Waals surface area (Å²) in [5.74, 6) is -1.69. The van der Waals surface area contributed by atoms with Gasteiger partial charge in [0.15, 0.2) is 0 Å². The minimum absolute atomic E-state index is 0.0644. The van der Waals surface area contributed by atoms with Crippen LogP contribution in [0.25, 0.3) is 0 Å². The van der Waals surface area contributed by atoms with Crippen LogP contribution in [0.15, 0.2) is 60.0 Å². The number of carbonyl (C=O) groups excluding carboxylic acids is 5. The SMILES string of the molecule is CC(C)C[C@@H]1NC(=O)[C@@H](Cc2ccccc2)NC(=O)c2ccc(cc2)CN(C(=O)c2csc(C(C)C)n2)CCCCNC(=O)[C@@H](C)NC1=O. The molecule has 2 aromatic carbocycles. The largest absolute Gasteiger partial charge is 0.354 e. The Morgan fingerprint density at radius 1 is 0.878 bits per heavy atom. The average molecular weight is 689 g/mol. The van der Waals surface area contributed by atoms with Crippen LogP contribution in [-0.2, 0) is 27.3 Å². The number of hydrogen-bond donors (Lipinski definition) is 4. The smallest absolute Gasteiger partial charge is 0.273 e. The van der Waals surface area contributed by atoms with E-state index >= 15 is 0 Å². The molecule has 0 radical (unpaired) electrons. The van der Waals surface area contributed by atoms with Crippen molar-refractivity contribution in [2.75, 3.05) is 13.1 Å². The number of benzene rings is 2. The highest BCUT2D eigenvalue weighted by Crippen LogP contribution is 2.21. The van der Waals surface area contributed by atoms with Gasteiger partial charge in [0.05, 0.1) is 5.01 Å². The molecular weight excluding hydrogens is 641 g/mol. The van der Waals surface area contributed by atoms with Crippen LogP contribution in [0, 0.1) is 5.92 Å². The van der Waals surface area contributed by atoms with Crippen molar-refractivity contribution >= 4 is 40.9 Å². The summed E-state index contributed by atoms with van der Waals surface area (Å²) >= 11 is 1.46. The third kappa shape index (κ3) is 11.0. The van der Waals surface area contributed by atoms with Gasteiger partial charge in [0, 0.05) is 42.9 Å². The Balaban J connectivity index is 1.62. The first-order valence-corrected chi connectivity index (χ1v) is 17.9. The first-order valence-electron chi connectivity index (χ1n) is 17.0. The van der Waals surface area contributed by atoms with Gasteiger partial charge in [0.1, 0.15) is 23.8 Å². The van der Waals surface area contributed by atoms with Crippen LogP contribution in [0.5, 0.6) is 0 Å². The Kier molecular flexibility index (Phi) is 13.5. The number of carbonyl (C=O) groups is 5. The highest BCUT2D eigenvalue weighted by molar-refractivity contribution is 7.09. The number of amides is 5. The molecule has 3 atom stereocenters. The van der Waals surface area contributed by atoms with E-state index in [0.29, 0.717) is 50.2 Å². The summed E-state index contributed by atoms with van der Waals surface area (Å²) in [5.41, 5.74) is 2.42. The number of nitrogens with one attached hydrogen (secondary N) is 4. The van der Waals surface area contributed by atoms with Crippen molar-refractivity contribution in [1.29, 1.82) is 0 Å². The van der Waals surface area contributed by atoms with Gasteiger partial charge in [-0.05, 0) is 55.4 Å². The van der Waals surface area contributed by atoms with Crippen LogP contribution in [0.2, 0.25) is 0 Å². The van der Waals surface area contributed by atoms with Crippen LogP contribution >= 0.6 is 11.3 Å². The molecule has 0 spiro atoms. The molecule has 0 saturated heterocycles. The molecule has 5 rings (SSSR count). The van der Waals surface area contributed by atoms with Crippen molar-refractivity contribution in [3.8, 4) is 0 Å². The van der Waals surface area contributed by atoms with E-state index in [1.807, 2.05) is 58.0 Å². The molecule has 2 bridgehead atoms. The van der Waals surface area contributed by atoms with E-state index in [0.717, 1.165) is 16.1 Å². The monoisotopic (exact) mass is 688 g/mol. The lowest BCUT2D eigenvalue weighted by atomic mass is 10.0. The lowest BCUT2D eigenvalue weighted by Crippen LogP contribution is -2.57. The molecule has 2 aliphatic heterocycles. The second-order valence-corrected chi connectivity index (χ2v) is 14.2. The summed E-state index contributed by atoms with van der Waals surface area (Å²) in [6.07, 6.45) is 1.78. The first kappa shape index (κ1) is 37.2. The van der Waals surface area contributed by atoms with Gasteiger partial charge in [-0.15, -0.1) is 11.3 Å². The summed E-state index contributed by atoms with van der Waals surface area (Å²) in [4.78, 5) is 73.5. The number of fused-ring (bicyclic) bond motifs is 18. The van der Waals surface area contributed by atoms with Crippen LogP contribution in [-0.4, -0.2) is 70.6 Å². The summed E-state index contributed by atoms with van der Waals surface area (Å²) in [6.45, 7) is 10.7. The number of hydrogen-bond acceptors (Lipinski definition) is 7. The van der Waals surface area contributed by atoms with Gasteiger partial charge in [-0.25, -0.2) is 4.98 Å². The number of aromatic nitrogens is 1. The highest BCUT2D eigenvalue weighted by atomic mass is 32.1. The number of thiazole rings is 1. The quantitative estimate of drug-likeness (QED) is 0.286. The maximum Gasteiger partial charge on any atom is 0.273 e. The molecule has 2 aliphatic rings. The highest BCUT2D eigenvalue weighted by Gasteiger charge is 2.30. The van der Waals surface area contributed by atoms with Crippen LogP contribution in [0.3, 0.4) is 0 Å². The van der Waals surface area contributed by atoms with Crippen molar-refractivity contribution in [3.63, 3.8) is 0 Å². The lowest BCUT2D eigenvalue weighted by molar-refractivity contribution is -0.132. The van der Waals surface area contributed by atoms with E-state index in [2.05, 4.69) is 26.3 Å². The average Bonchev–Trinajstić information content (AvgIpc) is 3.58. The van der Waals surface area contributed by atoms with Crippen molar-refractivity contribution in [2.24, 2.45) is 5.92 Å². The van der Waals surface area contributed by atoms with Gasteiger partial charge in [0.2, 0.25) is 17.7 Å². The van der Waals surface area contributed by atoms with Gasteiger partial charge in [-0.1, -0.05) is 70.2 Å². The maximum absolute atomic E-state index is 13.7. The van der Waals surface area contributed by atoms with E-state index in [4.69, 9.17) is 0 Å². The summed E-state index contributed by atoms with van der Waals surface area (Å²) in [7, 11) is 0. The predicted octanol–water partition coefficient (Wildman–Crippen LogP) is 4.20. The fraction of sp³-hybridized carbons (Fsp3) is 0.459. The van der Waals surface area contributed by atoms with E-state index in [1.54, 1.807) is 41.5 Å². The molecule has 5 amide bonds.